The number of anilines is 1. The second-order valence-corrected chi connectivity index (χ2v) is 4.08. The highest BCUT2D eigenvalue weighted by Crippen LogP contribution is 2.39. The Morgan fingerprint density at radius 2 is 1.67 bits per heavy atom. The molecule has 5 heteroatoms. The number of aliphatic hydroxyl groups is 1. The molecule has 0 aliphatic carbocycles. The van der Waals surface area contributed by atoms with E-state index in [1.54, 1.807) is 21.3 Å². The highest BCUT2D eigenvalue weighted by Gasteiger charge is 2.13. The van der Waals surface area contributed by atoms with Gasteiger partial charge in [0.25, 0.3) is 0 Å². The van der Waals surface area contributed by atoms with E-state index in [2.05, 4.69) is 5.32 Å². The molecule has 2 N–H and O–H groups in total. The van der Waals surface area contributed by atoms with Crippen molar-refractivity contribution >= 4 is 5.69 Å². The second-order valence-electron chi connectivity index (χ2n) is 4.08. The molecule has 0 fully saturated rings. The van der Waals surface area contributed by atoms with Crippen molar-refractivity contribution in [2.24, 2.45) is 5.92 Å². The van der Waals surface area contributed by atoms with Crippen LogP contribution in [-0.2, 0) is 0 Å². The van der Waals surface area contributed by atoms with Crippen molar-refractivity contribution in [3.8, 4) is 17.2 Å². The molecule has 102 valence electrons. The molecule has 0 saturated heterocycles. The summed E-state index contributed by atoms with van der Waals surface area (Å²) in [6, 6.07) is 3.68. The number of ether oxygens (including phenoxy) is 3. The molecule has 0 heterocycles. The van der Waals surface area contributed by atoms with Gasteiger partial charge in [0.15, 0.2) is 11.5 Å². The number of aliphatic hydroxyl groups excluding tert-OH is 1. The van der Waals surface area contributed by atoms with Gasteiger partial charge in [0.05, 0.1) is 21.3 Å². The third-order valence-electron chi connectivity index (χ3n) is 2.63. The van der Waals surface area contributed by atoms with Crippen LogP contribution in [0.2, 0.25) is 0 Å². The van der Waals surface area contributed by atoms with Gasteiger partial charge >= 0.3 is 0 Å². The van der Waals surface area contributed by atoms with E-state index >= 15 is 0 Å². The van der Waals surface area contributed by atoms with Gasteiger partial charge in [-0.15, -0.1) is 0 Å². The first-order valence-electron chi connectivity index (χ1n) is 5.81. The molecular weight excluding hydrogens is 234 g/mol. The first kappa shape index (κ1) is 14.4. The zero-order chi connectivity index (χ0) is 13.5. The Kier molecular flexibility index (Phi) is 5.58. The molecule has 1 aromatic rings. The van der Waals surface area contributed by atoms with Crippen LogP contribution in [0.3, 0.4) is 0 Å². The highest BCUT2D eigenvalue weighted by molar-refractivity contribution is 5.62. The molecular formula is C13H21NO4. The van der Waals surface area contributed by atoms with E-state index in [0.29, 0.717) is 23.8 Å². The zero-order valence-electron chi connectivity index (χ0n) is 11.3. The van der Waals surface area contributed by atoms with Gasteiger partial charge in [-0.3, -0.25) is 0 Å². The molecule has 0 aromatic heterocycles. The van der Waals surface area contributed by atoms with Gasteiger partial charge in [-0.05, 0) is 5.92 Å². The quantitative estimate of drug-likeness (QED) is 0.777. The van der Waals surface area contributed by atoms with E-state index in [9.17, 15) is 0 Å². The zero-order valence-corrected chi connectivity index (χ0v) is 11.3. The molecule has 0 radical (unpaired) electrons. The maximum Gasteiger partial charge on any atom is 0.203 e. The number of benzene rings is 1. The van der Waals surface area contributed by atoms with E-state index in [1.807, 2.05) is 19.1 Å². The summed E-state index contributed by atoms with van der Waals surface area (Å²) in [6.07, 6.45) is 0. The summed E-state index contributed by atoms with van der Waals surface area (Å²) >= 11 is 0. The Morgan fingerprint density at radius 3 is 2.06 bits per heavy atom. The predicted octanol–water partition coefficient (Wildman–Crippen LogP) is 1.75. The van der Waals surface area contributed by atoms with Gasteiger partial charge in [0.2, 0.25) is 5.75 Å². The minimum absolute atomic E-state index is 0.150. The lowest BCUT2D eigenvalue weighted by Crippen LogP contribution is -2.14. The van der Waals surface area contributed by atoms with Gasteiger partial charge < -0.3 is 24.6 Å². The lowest BCUT2D eigenvalue weighted by atomic mass is 10.2. The van der Waals surface area contributed by atoms with E-state index < -0.39 is 0 Å². The minimum atomic E-state index is 0.150. The molecule has 1 rings (SSSR count). The molecule has 0 amide bonds. The lowest BCUT2D eigenvalue weighted by Gasteiger charge is -2.16. The fraction of sp³-hybridized carbons (Fsp3) is 0.538. The van der Waals surface area contributed by atoms with Crippen LogP contribution in [0.4, 0.5) is 5.69 Å². The minimum Gasteiger partial charge on any atom is -0.493 e. The number of methoxy groups -OCH3 is 3. The third-order valence-corrected chi connectivity index (χ3v) is 2.63. The van der Waals surface area contributed by atoms with Crippen LogP contribution in [0.25, 0.3) is 0 Å². The average molecular weight is 255 g/mol. The van der Waals surface area contributed by atoms with Crippen LogP contribution >= 0.6 is 0 Å². The fourth-order valence-corrected chi connectivity index (χ4v) is 1.54. The Hall–Kier alpha value is -1.62. The number of hydrogen-bond acceptors (Lipinski definition) is 5. The van der Waals surface area contributed by atoms with Crippen molar-refractivity contribution in [3.63, 3.8) is 0 Å². The van der Waals surface area contributed by atoms with Crippen LogP contribution in [0.5, 0.6) is 17.2 Å². The van der Waals surface area contributed by atoms with Crippen molar-refractivity contribution in [3.05, 3.63) is 12.1 Å². The van der Waals surface area contributed by atoms with Crippen molar-refractivity contribution in [2.45, 2.75) is 6.92 Å². The maximum atomic E-state index is 8.99. The molecule has 0 saturated carbocycles. The largest absolute Gasteiger partial charge is 0.493 e. The van der Waals surface area contributed by atoms with Crippen molar-refractivity contribution in [1.82, 2.24) is 0 Å². The monoisotopic (exact) mass is 255 g/mol. The molecule has 1 unspecified atom stereocenters. The lowest BCUT2D eigenvalue weighted by molar-refractivity contribution is 0.244. The summed E-state index contributed by atoms with van der Waals surface area (Å²) in [5, 5.41) is 12.2. The van der Waals surface area contributed by atoms with Crippen LogP contribution in [0.1, 0.15) is 6.92 Å². The Morgan fingerprint density at radius 1 is 1.11 bits per heavy atom. The van der Waals surface area contributed by atoms with Crippen molar-refractivity contribution in [1.29, 1.82) is 0 Å². The smallest absolute Gasteiger partial charge is 0.203 e. The molecule has 5 nitrogen and oxygen atoms in total. The number of rotatable bonds is 7. The number of nitrogens with one attached hydrogen (secondary N) is 1. The average Bonchev–Trinajstić information content (AvgIpc) is 2.43. The van der Waals surface area contributed by atoms with Gasteiger partial charge in [0, 0.05) is 31.0 Å². The molecule has 18 heavy (non-hydrogen) atoms. The first-order valence-corrected chi connectivity index (χ1v) is 5.81. The Bertz CT molecular complexity index is 356. The summed E-state index contributed by atoms with van der Waals surface area (Å²) in [4.78, 5) is 0. The van der Waals surface area contributed by atoms with Crippen LogP contribution in [0.15, 0.2) is 12.1 Å². The first-order chi connectivity index (χ1) is 8.65. The molecule has 1 aromatic carbocycles. The van der Waals surface area contributed by atoms with E-state index in [0.717, 1.165) is 5.69 Å². The topological polar surface area (TPSA) is 60.0 Å². The summed E-state index contributed by atoms with van der Waals surface area (Å²) in [6.45, 7) is 2.79. The van der Waals surface area contributed by atoms with E-state index in [4.69, 9.17) is 19.3 Å². The second kappa shape index (κ2) is 6.96. The van der Waals surface area contributed by atoms with E-state index in [1.165, 1.54) is 0 Å². The van der Waals surface area contributed by atoms with Crippen LogP contribution < -0.4 is 19.5 Å². The summed E-state index contributed by atoms with van der Waals surface area (Å²) in [5.41, 5.74) is 0.866. The van der Waals surface area contributed by atoms with Crippen molar-refractivity contribution in [2.75, 3.05) is 39.8 Å². The SMILES string of the molecule is COc1cc(NCC(C)CO)cc(OC)c1OC. The van der Waals surface area contributed by atoms with Crippen LogP contribution in [0, 0.1) is 5.92 Å². The Labute approximate surface area is 108 Å². The standard InChI is InChI=1S/C13H21NO4/c1-9(8-15)7-14-10-5-11(16-2)13(18-4)12(6-10)17-3/h5-6,9,14-15H,7-8H2,1-4H3. The predicted molar refractivity (Wildman–Crippen MR) is 70.8 cm³/mol. The molecule has 0 bridgehead atoms. The third kappa shape index (κ3) is 3.43. The maximum absolute atomic E-state index is 8.99. The van der Waals surface area contributed by atoms with Gasteiger partial charge in [-0.1, -0.05) is 6.92 Å². The molecule has 1 atom stereocenters. The highest BCUT2D eigenvalue weighted by atomic mass is 16.5. The summed E-state index contributed by atoms with van der Waals surface area (Å²) in [5.74, 6) is 1.97. The summed E-state index contributed by atoms with van der Waals surface area (Å²) in [7, 11) is 4.73. The van der Waals surface area contributed by atoms with Crippen LogP contribution in [-0.4, -0.2) is 39.6 Å². The molecule has 0 aliphatic heterocycles. The summed E-state index contributed by atoms with van der Waals surface area (Å²) < 4.78 is 15.8. The normalized spacial score (nSPS) is 11.8. The Balaban J connectivity index is 2.93. The van der Waals surface area contributed by atoms with Crippen molar-refractivity contribution < 1.29 is 19.3 Å². The molecule has 0 aliphatic rings. The molecule has 0 spiro atoms. The van der Waals surface area contributed by atoms with Gasteiger partial charge in [0.1, 0.15) is 0 Å². The number of hydrogen-bond donors (Lipinski definition) is 2. The fourth-order valence-electron chi connectivity index (χ4n) is 1.54. The van der Waals surface area contributed by atoms with Gasteiger partial charge in [-0.25, -0.2) is 0 Å². The van der Waals surface area contributed by atoms with E-state index in [-0.39, 0.29) is 12.5 Å². The van der Waals surface area contributed by atoms with Gasteiger partial charge in [-0.2, -0.15) is 0 Å².